The molecule has 0 spiro atoms. The molecule has 1 aliphatic rings. The number of hydrogen-bond donors (Lipinski definition) is 0. The third-order valence-electron chi connectivity index (χ3n) is 3.39. The standard InChI is InChI=1S/C14H17F3O/c15-14(16,17)12-6-8-13(9-7-12)18-10-11-4-2-1-3-5-11/h6-9,11H,1-5,10H2. The monoisotopic (exact) mass is 258 g/mol. The largest absolute Gasteiger partial charge is 0.493 e. The second-order valence-electron chi connectivity index (χ2n) is 4.84. The van der Waals surface area contributed by atoms with Crippen molar-refractivity contribution >= 4 is 0 Å². The van der Waals surface area contributed by atoms with E-state index in [1.165, 1.54) is 44.2 Å². The predicted octanol–water partition coefficient (Wildman–Crippen LogP) is 4.66. The summed E-state index contributed by atoms with van der Waals surface area (Å²) in [6, 6.07) is 4.92. The lowest BCUT2D eigenvalue weighted by molar-refractivity contribution is -0.137. The SMILES string of the molecule is FC(F)(F)c1ccc(OCC2CCCCC2)cc1. The van der Waals surface area contributed by atoms with Crippen LogP contribution in [0.2, 0.25) is 0 Å². The summed E-state index contributed by atoms with van der Waals surface area (Å²) in [5.41, 5.74) is -0.632. The van der Waals surface area contributed by atoms with Crippen molar-refractivity contribution in [2.24, 2.45) is 5.92 Å². The minimum atomic E-state index is -4.28. The van der Waals surface area contributed by atoms with Crippen LogP contribution in [-0.2, 0) is 6.18 Å². The Labute approximate surface area is 105 Å². The van der Waals surface area contributed by atoms with Gasteiger partial charge in [-0.3, -0.25) is 0 Å². The van der Waals surface area contributed by atoms with Crippen molar-refractivity contribution < 1.29 is 17.9 Å². The van der Waals surface area contributed by atoms with E-state index in [9.17, 15) is 13.2 Å². The lowest BCUT2D eigenvalue weighted by Gasteiger charge is -2.21. The molecule has 1 aromatic carbocycles. The predicted molar refractivity (Wildman–Crippen MR) is 63.5 cm³/mol. The molecule has 0 unspecified atom stereocenters. The Hall–Kier alpha value is -1.19. The number of hydrogen-bond acceptors (Lipinski definition) is 1. The molecule has 0 bridgehead atoms. The summed E-state index contributed by atoms with van der Waals surface area (Å²) in [5.74, 6) is 1.08. The summed E-state index contributed by atoms with van der Waals surface area (Å²) in [6.45, 7) is 0.616. The number of alkyl halides is 3. The Morgan fingerprint density at radius 2 is 1.61 bits per heavy atom. The molecule has 0 atom stereocenters. The molecule has 4 heteroatoms. The molecular formula is C14H17F3O. The van der Waals surface area contributed by atoms with Gasteiger partial charge in [-0.05, 0) is 43.0 Å². The fourth-order valence-corrected chi connectivity index (χ4v) is 2.31. The molecule has 0 amide bonds. The van der Waals surface area contributed by atoms with Gasteiger partial charge in [-0.2, -0.15) is 13.2 Å². The topological polar surface area (TPSA) is 9.23 Å². The zero-order chi connectivity index (χ0) is 13.0. The molecule has 1 fully saturated rings. The summed E-state index contributed by atoms with van der Waals surface area (Å²) >= 11 is 0. The van der Waals surface area contributed by atoms with Gasteiger partial charge in [0.25, 0.3) is 0 Å². The summed E-state index contributed by atoms with van der Waals surface area (Å²) in [5, 5.41) is 0. The molecule has 0 saturated heterocycles. The molecule has 0 heterocycles. The highest BCUT2D eigenvalue weighted by Gasteiger charge is 2.30. The molecule has 0 N–H and O–H groups in total. The molecule has 0 radical (unpaired) electrons. The Morgan fingerprint density at radius 1 is 1.00 bits per heavy atom. The molecule has 2 rings (SSSR count). The molecule has 0 aliphatic heterocycles. The van der Waals surface area contributed by atoms with Gasteiger partial charge in [0, 0.05) is 0 Å². The minimum absolute atomic E-state index is 0.522. The molecular weight excluding hydrogens is 241 g/mol. The van der Waals surface area contributed by atoms with Gasteiger partial charge in [-0.1, -0.05) is 19.3 Å². The lowest BCUT2D eigenvalue weighted by atomic mass is 9.90. The van der Waals surface area contributed by atoms with Gasteiger partial charge in [0.2, 0.25) is 0 Å². The van der Waals surface area contributed by atoms with E-state index in [2.05, 4.69) is 0 Å². The van der Waals surface area contributed by atoms with Gasteiger partial charge in [0.05, 0.1) is 12.2 Å². The zero-order valence-electron chi connectivity index (χ0n) is 10.2. The fraction of sp³-hybridized carbons (Fsp3) is 0.571. The highest BCUT2D eigenvalue weighted by molar-refractivity contribution is 5.28. The molecule has 100 valence electrons. The van der Waals surface area contributed by atoms with E-state index in [1.54, 1.807) is 0 Å². The summed E-state index contributed by atoms with van der Waals surface area (Å²) in [7, 11) is 0. The van der Waals surface area contributed by atoms with Crippen molar-refractivity contribution in [3.8, 4) is 5.75 Å². The first-order valence-corrected chi connectivity index (χ1v) is 6.36. The fourth-order valence-electron chi connectivity index (χ4n) is 2.31. The Balaban J connectivity index is 1.86. The van der Waals surface area contributed by atoms with Crippen LogP contribution >= 0.6 is 0 Å². The Morgan fingerprint density at radius 3 is 2.17 bits per heavy atom. The first-order valence-electron chi connectivity index (χ1n) is 6.36. The normalized spacial score (nSPS) is 17.7. The second kappa shape index (κ2) is 5.63. The van der Waals surface area contributed by atoms with E-state index in [0.29, 0.717) is 18.3 Å². The number of halogens is 3. The van der Waals surface area contributed by atoms with Gasteiger partial charge < -0.3 is 4.74 Å². The molecule has 1 nitrogen and oxygen atoms in total. The smallest absolute Gasteiger partial charge is 0.416 e. The quantitative estimate of drug-likeness (QED) is 0.765. The van der Waals surface area contributed by atoms with Gasteiger partial charge >= 0.3 is 6.18 Å². The molecule has 18 heavy (non-hydrogen) atoms. The molecule has 0 aromatic heterocycles. The molecule has 1 saturated carbocycles. The lowest BCUT2D eigenvalue weighted by Crippen LogP contribution is -2.15. The third kappa shape index (κ3) is 3.65. The van der Waals surface area contributed by atoms with Crippen molar-refractivity contribution in [1.82, 2.24) is 0 Å². The van der Waals surface area contributed by atoms with Crippen molar-refractivity contribution in [2.75, 3.05) is 6.61 Å². The average molecular weight is 258 g/mol. The molecule has 1 aromatic rings. The van der Waals surface area contributed by atoms with Gasteiger partial charge in [0.1, 0.15) is 5.75 Å². The van der Waals surface area contributed by atoms with Gasteiger partial charge in [-0.25, -0.2) is 0 Å². The van der Waals surface area contributed by atoms with Crippen LogP contribution in [0.5, 0.6) is 5.75 Å². The van der Waals surface area contributed by atoms with Crippen LogP contribution in [0.15, 0.2) is 24.3 Å². The van der Waals surface area contributed by atoms with Crippen molar-refractivity contribution in [2.45, 2.75) is 38.3 Å². The van der Waals surface area contributed by atoms with Crippen LogP contribution in [0.3, 0.4) is 0 Å². The van der Waals surface area contributed by atoms with Crippen LogP contribution in [0.25, 0.3) is 0 Å². The second-order valence-corrected chi connectivity index (χ2v) is 4.84. The summed E-state index contributed by atoms with van der Waals surface area (Å²) in [4.78, 5) is 0. The Kier molecular flexibility index (Phi) is 4.15. The maximum Gasteiger partial charge on any atom is 0.416 e. The van der Waals surface area contributed by atoms with E-state index < -0.39 is 11.7 Å². The van der Waals surface area contributed by atoms with Crippen molar-refractivity contribution in [1.29, 1.82) is 0 Å². The van der Waals surface area contributed by atoms with Crippen molar-refractivity contribution in [3.05, 3.63) is 29.8 Å². The number of rotatable bonds is 3. The first-order chi connectivity index (χ1) is 8.55. The number of ether oxygens (including phenoxy) is 1. The van der Waals surface area contributed by atoms with Crippen LogP contribution < -0.4 is 4.74 Å². The van der Waals surface area contributed by atoms with Gasteiger partial charge in [0.15, 0.2) is 0 Å². The van der Waals surface area contributed by atoms with Crippen LogP contribution in [0.1, 0.15) is 37.7 Å². The van der Waals surface area contributed by atoms with Crippen molar-refractivity contribution in [3.63, 3.8) is 0 Å². The summed E-state index contributed by atoms with van der Waals surface area (Å²) in [6.07, 6.45) is 1.82. The van der Waals surface area contributed by atoms with Crippen LogP contribution in [-0.4, -0.2) is 6.61 Å². The maximum absolute atomic E-state index is 12.4. The Bertz CT molecular complexity index is 364. The van der Waals surface area contributed by atoms with E-state index >= 15 is 0 Å². The minimum Gasteiger partial charge on any atom is -0.493 e. The molecule has 1 aliphatic carbocycles. The highest BCUT2D eigenvalue weighted by Crippen LogP contribution is 2.30. The van der Waals surface area contributed by atoms with E-state index in [-0.39, 0.29) is 0 Å². The zero-order valence-corrected chi connectivity index (χ0v) is 10.2. The average Bonchev–Trinajstić information content (AvgIpc) is 2.37. The summed E-state index contributed by atoms with van der Waals surface area (Å²) < 4.78 is 42.6. The maximum atomic E-state index is 12.4. The van der Waals surface area contributed by atoms with E-state index in [0.717, 1.165) is 12.1 Å². The first kappa shape index (κ1) is 13.2. The third-order valence-corrected chi connectivity index (χ3v) is 3.39. The van der Waals surface area contributed by atoms with Crippen LogP contribution in [0, 0.1) is 5.92 Å². The highest BCUT2D eigenvalue weighted by atomic mass is 19.4. The van der Waals surface area contributed by atoms with E-state index in [1.807, 2.05) is 0 Å². The van der Waals surface area contributed by atoms with Gasteiger partial charge in [-0.15, -0.1) is 0 Å². The van der Waals surface area contributed by atoms with Crippen LogP contribution in [0.4, 0.5) is 13.2 Å². The van der Waals surface area contributed by atoms with E-state index in [4.69, 9.17) is 4.74 Å². The number of benzene rings is 1.